The molecule has 0 spiro atoms. The lowest BCUT2D eigenvalue weighted by molar-refractivity contribution is -0.115. The lowest BCUT2D eigenvalue weighted by Gasteiger charge is -2.05. The number of carbonyl (C=O) groups is 1. The number of rotatable bonds is 7. The van der Waals surface area contributed by atoms with Gasteiger partial charge in [-0.3, -0.25) is 9.89 Å². The molecule has 4 rings (SSSR count). The molecule has 31 heavy (non-hydrogen) atoms. The highest BCUT2D eigenvalue weighted by molar-refractivity contribution is 7.99. The van der Waals surface area contributed by atoms with Gasteiger partial charge in [-0.15, -0.1) is 0 Å². The average Bonchev–Trinajstić information content (AvgIpc) is 3.14. The molecular weight excluding hydrogens is 417 g/mol. The summed E-state index contributed by atoms with van der Waals surface area (Å²) in [6.07, 6.45) is 0.0521. The average molecular weight is 435 g/mol. The van der Waals surface area contributed by atoms with Gasteiger partial charge in [-0.2, -0.15) is 15.1 Å². The van der Waals surface area contributed by atoms with Crippen LogP contribution in [0, 0.1) is 12.7 Å². The lowest BCUT2D eigenvalue weighted by atomic mass is 10.2. The van der Waals surface area contributed by atoms with Crippen LogP contribution in [0.1, 0.15) is 11.5 Å². The molecule has 2 aromatic carbocycles. The van der Waals surface area contributed by atoms with Gasteiger partial charge in [0.25, 0.3) is 0 Å². The quantitative estimate of drug-likeness (QED) is 0.401. The third-order valence-corrected chi connectivity index (χ3v) is 4.88. The Morgan fingerprint density at radius 1 is 1.06 bits per heavy atom. The number of anilines is 3. The zero-order valence-electron chi connectivity index (χ0n) is 16.5. The van der Waals surface area contributed by atoms with E-state index in [4.69, 9.17) is 0 Å². The van der Waals surface area contributed by atoms with E-state index >= 15 is 0 Å². The molecule has 0 atom stereocenters. The zero-order chi connectivity index (χ0) is 21.6. The topological polar surface area (TPSA) is 108 Å². The highest BCUT2D eigenvalue weighted by Gasteiger charge is 2.11. The first-order valence-corrected chi connectivity index (χ1v) is 10.2. The van der Waals surface area contributed by atoms with Gasteiger partial charge >= 0.3 is 0 Å². The monoisotopic (exact) mass is 435 g/mol. The number of amides is 1. The SMILES string of the molecule is Cc1nc(Nc2cc(CC(=O)Nc3cccc(F)c3)[nH]n2)nc(Sc2ccccc2)n1. The highest BCUT2D eigenvalue weighted by Crippen LogP contribution is 2.25. The maximum absolute atomic E-state index is 13.2. The van der Waals surface area contributed by atoms with Crippen molar-refractivity contribution in [3.8, 4) is 0 Å². The normalized spacial score (nSPS) is 10.6. The Bertz CT molecular complexity index is 1200. The fourth-order valence-electron chi connectivity index (χ4n) is 2.73. The second-order valence-corrected chi connectivity index (χ2v) is 7.58. The summed E-state index contributed by atoms with van der Waals surface area (Å²) in [4.78, 5) is 26.3. The summed E-state index contributed by atoms with van der Waals surface area (Å²) in [6.45, 7) is 1.79. The Morgan fingerprint density at radius 2 is 1.90 bits per heavy atom. The minimum absolute atomic E-state index is 0.0521. The molecule has 2 heterocycles. The molecule has 156 valence electrons. The smallest absolute Gasteiger partial charge is 0.232 e. The molecule has 0 saturated heterocycles. The van der Waals surface area contributed by atoms with Gasteiger partial charge in [-0.05, 0) is 49.0 Å². The van der Waals surface area contributed by atoms with Crippen LogP contribution in [-0.2, 0) is 11.2 Å². The van der Waals surface area contributed by atoms with Crippen LogP contribution < -0.4 is 10.6 Å². The highest BCUT2D eigenvalue weighted by atomic mass is 32.2. The molecule has 4 aromatic rings. The third-order valence-electron chi connectivity index (χ3n) is 4.01. The number of aromatic nitrogens is 5. The first kappa shape index (κ1) is 20.5. The molecule has 0 saturated carbocycles. The van der Waals surface area contributed by atoms with Crippen LogP contribution in [-0.4, -0.2) is 31.1 Å². The number of benzene rings is 2. The second kappa shape index (κ2) is 9.35. The van der Waals surface area contributed by atoms with Crippen molar-refractivity contribution in [1.82, 2.24) is 25.1 Å². The molecule has 2 aromatic heterocycles. The molecule has 0 radical (unpaired) electrons. The summed E-state index contributed by atoms with van der Waals surface area (Å²) in [5, 5.41) is 13.2. The van der Waals surface area contributed by atoms with Gasteiger partial charge in [0, 0.05) is 22.3 Å². The molecule has 0 fully saturated rings. The number of hydrogen-bond donors (Lipinski definition) is 3. The molecular formula is C21H18FN7OS. The minimum Gasteiger partial charge on any atom is -0.326 e. The van der Waals surface area contributed by atoms with Crippen molar-refractivity contribution in [3.63, 3.8) is 0 Å². The van der Waals surface area contributed by atoms with Gasteiger partial charge in [0.05, 0.1) is 6.42 Å². The summed E-state index contributed by atoms with van der Waals surface area (Å²) < 4.78 is 13.2. The first-order chi connectivity index (χ1) is 15.0. The van der Waals surface area contributed by atoms with Crippen molar-refractivity contribution in [3.05, 3.63) is 78.0 Å². The molecule has 8 nitrogen and oxygen atoms in total. The van der Waals surface area contributed by atoms with Crippen LogP contribution in [0.2, 0.25) is 0 Å². The summed E-state index contributed by atoms with van der Waals surface area (Å²) in [7, 11) is 0. The molecule has 3 N–H and O–H groups in total. The fraction of sp³-hybridized carbons (Fsp3) is 0.0952. The number of aryl methyl sites for hydroxylation is 1. The van der Waals surface area contributed by atoms with Gasteiger partial charge in [-0.1, -0.05) is 24.3 Å². The van der Waals surface area contributed by atoms with Crippen molar-refractivity contribution in [2.45, 2.75) is 23.4 Å². The van der Waals surface area contributed by atoms with E-state index in [2.05, 4.69) is 35.8 Å². The maximum atomic E-state index is 13.2. The Morgan fingerprint density at radius 3 is 2.71 bits per heavy atom. The predicted octanol–water partition coefficient (Wildman–Crippen LogP) is 4.12. The number of H-pyrrole nitrogens is 1. The van der Waals surface area contributed by atoms with E-state index in [1.54, 1.807) is 19.1 Å². The Balaban J connectivity index is 1.40. The van der Waals surface area contributed by atoms with E-state index < -0.39 is 5.82 Å². The standard InChI is InChI=1S/C21H18FN7OS/c1-13-23-20(27-21(24-13)31-17-8-3-2-4-9-17)26-18-11-16(28-29-18)12-19(30)25-15-7-5-6-14(22)10-15/h2-11H,12H2,1H3,(H,25,30)(H2,23,24,26,27,28,29). The molecule has 0 unspecified atom stereocenters. The van der Waals surface area contributed by atoms with Crippen LogP contribution in [0.4, 0.5) is 21.8 Å². The molecule has 1 amide bonds. The first-order valence-electron chi connectivity index (χ1n) is 9.36. The number of carbonyl (C=O) groups excluding carboxylic acids is 1. The molecule has 0 aliphatic carbocycles. The fourth-order valence-corrected chi connectivity index (χ4v) is 3.54. The number of nitrogens with zero attached hydrogens (tertiary/aromatic N) is 4. The summed E-state index contributed by atoms with van der Waals surface area (Å²) >= 11 is 1.43. The van der Waals surface area contributed by atoms with Gasteiger partial charge in [-0.25, -0.2) is 9.37 Å². The Kier molecular flexibility index (Phi) is 6.18. The molecule has 10 heteroatoms. The van der Waals surface area contributed by atoms with Crippen molar-refractivity contribution < 1.29 is 9.18 Å². The minimum atomic E-state index is -0.414. The second-order valence-electron chi connectivity index (χ2n) is 6.54. The number of nitrogens with one attached hydrogen (secondary N) is 3. The summed E-state index contributed by atoms with van der Waals surface area (Å²) in [6, 6.07) is 17.2. The van der Waals surface area contributed by atoms with Crippen LogP contribution in [0.5, 0.6) is 0 Å². The summed E-state index contributed by atoms with van der Waals surface area (Å²) in [5.74, 6) is 0.686. The number of hydrogen-bond acceptors (Lipinski definition) is 7. The van der Waals surface area contributed by atoms with E-state index in [-0.39, 0.29) is 12.3 Å². The van der Waals surface area contributed by atoms with Crippen molar-refractivity contribution in [1.29, 1.82) is 0 Å². The molecule has 0 aliphatic heterocycles. The van der Waals surface area contributed by atoms with Gasteiger partial charge < -0.3 is 10.6 Å². The van der Waals surface area contributed by atoms with E-state index in [0.29, 0.717) is 34.1 Å². The van der Waals surface area contributed by atoms with Crippen LogP contribution in [0.3, 0.4) is 0 Å². The van der Waals surface area contributed by atoms with Gasteiger partial charge in [0.15, 0.2) is 11.0 Å². The van der Waals surface area contributed by atoms with Crippen molar-refractivity contribution >= 4 is 35.1 Å². The zero-order valence-corrected chi connectivity index (χ0v) is 17.3. The van der Waals surface area contributed by atoms with E-state index in [1.807, 2.05) is 30.3 Å². The lowest BCUT2D eigenvalue weighted by Crippen LogP contribution is -2.14. The Labute approximate surface area is 181 Å². The predicted molar refractivity (Wildman–Crippen MR) is 116 cm³/mol. The third kappa shape index (κ3) is 5.86. The van der Waals surface area contributed by atoms with Crippen molar-refractivity contribution in [2.75, 3.05) is 10.6 Å². The Hall–Kier alpha value is -3.79. The van der Waals surface area contributed by atoms with Gasteiger partial charge in [0.2, 0.25) is 11.9 Å². The molecule has 0 bridgehead atoms. The van der Waals surface area contributed by atoms with E-state index in [1.165, 1.54) is 30.0 Å². The van der Waals surface area contributed by atoms with Crippen LogP contribution >= 0.6 is 11.8 Å². The van der Waals surface area contributed by atoms with E-state index in [0.717, 1.165) is 4.90 Å². The largest absolute Gasteiger partial charge is 0.326 e. The van der Waals surface area contributed by atoms with Crippen LogP contribution in [0.15, 0.2) is 70.7 Å². The van der Waals surface area contributed by atoms with Crippen molar-refractivity contribution in [2.24, 2.45) is 0 Å². The van der Waals surface area contributed by atoms with Crippen LogP contribution in [0.25, 0.3) is 0 Å². The van der Waals surface area contributed by atoms with Gasteiger partial charge in [0.1, 0.15) is 11.6 Å². The number of halogens is 1. The molecule has 0 aliphatic rings. The summed E-state index contributed by atoms with van der Waals surface area (Å²) in [5.41, 5.74) is 0.980. The number of aromatic amines is 1. The maximum Gasteiger partial charge on any atom is 0.232 e. The van der Waals surface area contributed by atoms with E-state index in [9.17, 15) is 9.18 Å².